The summed E-state index contributed by atoms with van der Waals surface area (Å²) in [5, 5.41) is 7.48. The van der Waals surface area contributed by atoms with E-state index in [1.165, 1.54) is 58.6 Å². The molecule has 0 bridgehead atoms. The van der Waals surface area contributed by atoms with E-state index in [4.69, 9.17) is 4.42 Å². The van der Waals surface area contributed by atoms with Crippen LogP contribution in [0.1, 0.15) is 0 Å². The minimum absolute atomic E-state index is 0.884. The van der Waals surface area contributed by atoms with Gasteiger partial charge in [-0.05, 0) is 81.6 Å². The molecule has 0 fully saturated rings. The third-order valence-electron chi connectivity index (χ3n) is 9.67. The van der Waals surface area contributed by atoms with Crippen LogP contribution >= 0.6 is 11.3 Å². The Bertz CT molecular complexity index is 2810. The lowest BCUT2D eigenvalue weighted by molar-refractivity contribution is 0.669. The fraction of sp³-hybridized carbons (Fsp3) is 0. The first-order valence-corrected chi connectivity index (χ1v) is 17.4. The van der Waals surface area contributed by atoms with Crippen LogP contribution in [0.15, 0.2) is 180 Å². The Kier molecular flexibility index (Phi) is 6.39. The first kappa shape index (κ1) is 27.9. The molecule has 3 heteroatoms. The maximum Gasteiger partial charge on any atom is 0.159 e. The summed E-state index contributed by atoms with van der Waals surface area (Å²) >= 11 is 1.86. The summed E-state index contributed by atoms with van der Waals surface area (Å²) in [6.07, 6.45) is 0. The van der Waals surface area contributed by atoms with E-state index < -0.39 is 0 Å². The first-order valence-electron chi connectivity index (χ1n) is 16.6. The number of anilines is 3. The minimum atomic E-state index is 0.884. The smallest absolute Gasteiger partial charge is 0.159 e. The molecule has 10 aromatic rings. The van der Waals surface area contributed by atoms with Crippen LogP contribution in [-0.2, 0) is 0 Å². The third kappa shape index (κ3) is 4.47. The molecule has 0 aliphatic carbocycles. The van der Waals surface area contributed by atoms with E-state index >= 15 is 0 Å². The van der Waals surface area contributed by atoms with Gasteiger partial charge in [0.25, 0.3) is 0 Å². The first-order chi connectivity index (χ1) is 24.3. The van der Waals surface area contributed by atoms with Gasteiger partial charge >= 0.3 is 0 Å². The van der Waals surface area contributed by atoms with Crippen molar-refractivity contribution in [1.82, 2.24) is 0 Å². The molecule has 0 spiro atoms. The van der Waals surface area contributed by atoms with Crippen molar-refractivity contribution in [2.24, 2.45) is 0 Å². The SMILES string of the molecule is c1ccc(-c2ccccc2-c2ccc(N(c3ccccc3)c3cccc4c3oc3ccc5c(sc6ccc7ccccc7c65)c34)cc2)cc1. The van der Waals surface area contributed by atoms with Crippen LogP contribution in [-0.4, -0.2) is 0 Å². The number of para-hydroxylation sites is 2. The highest BCUT2D eigenvalue weighted by molar-refractivity contribution is 7.27. The van der Waals surface area contributed by atoms with E-state index in [0.717, 1.165) is 33.6 Å². The van der Waals surface area contributed by atoms with E-state index in [2.05, 4.69) is 181 Å². The van der Waals surface area contributed by atoms with Gasteiger partial charge in [-0.3, -0.25) is 0 Å². The average Bonchev–Trinajstić information content (AvgIpc) is 3.75. The van der Waals surface area contributed by atoms with Crippen molar-refractivity contribution in [1.29, 1.82) is 0 Å². The Morgan fingerprint density at radius 3 is 1.88 bits per heavy atom. The lowest BCUT2D eigenvalue weighted by Crippen LogP contribution is -2.10. The molecule has 8 aromatic carbocycles. The Hall–Kier alpha value is -6.16. The Morgan fingerprint density at radius 2 is 1.08 bits per heavy atom. The summed E-state index contributed by atoms with van der Waals surface area (Å²) in [6.45, 7) is 0. The number of benzene rings is 8. The molecule has 10 rings (SSSR count). The van der Waals surface area contributed by atoms with Crippen LogP contribution in [0.3, 0.4) is 0 Å². The van der Waals surface area contributed by atoms with E-state index in [9.17, 15) is 0 Å². The van der Waals surface area contributed by atoms with Gasteiger partial charge in [0, 0.05) is 42.3 Å². The normalized spacial score (nSPS) is 11.7. The van der Waals surface area contributed by atoms with Gasteiger partial charge in [0.2, 0.25) is 0 Å². The highest BCUT2D eigenvalue weighted by Gasteiger charge is 2.22. The molecule has 0 unspecified atom stereocenters. The van der Waals surface area contributed by atoms with Crippen LogP contribution in [0.4, 0.5) is 17.1 Å². The predicted molar refractivity (Wildman–Crippen MR) is 210 cm³/mol. The minimum Gasteiger partial charge on any atom is -0.454 e. The lowest BCUT2D eigenvalue weighted by Gasteiger charge is -2.25. The van der Waals surface area contributed by atoms with Crippen molar-refractivity contribution >= 4 is 81.3 Å². The van der Waals surface area contributed by atoms with Gasteiger partial charge in [0.15, 0.2) is 5.58 Å². The van der Waals surface area contributed by atoms with E-state index in [-0.39, 0.29) is 0 Å². The molecule has 0 aliphatic rings. The van der Waals surface area contributed by atoms with Crippen molar-refractivity contribution in [3.05, 3.63) is 176 Å². The molecule has 2 aromatic heterocycles. The zero-order valence-corrected chi connectivity index (χ0v) is 27.3. The lowest BCUT2D eigenvalue weighted by atomic mass is 9.94. The average molecular weight is 644 g/mol. The molecule has 0 N–H and O–H groups in total. The number of fused-ring (bicyclic) bond motifs is 9. The second-order valence-corrected chi connectivity index (χ2v) is 13.5. The molecule has 0 radical (unpaired) electrons. The summed E-state index contributed by atoms with van der Waals surface area (Å²) in [5.41, 5.74) is 9.78. The Morgan fingerprint density at radius 1 is 0.429 bits per heavy atom. The zero-order valence-electron chi connectivity index (χ0n) is 26.5. The molecule has 0 aliphatic heterocycles. The highest BCUT2D eigenvalue weighted by Crippen LogP contribution is 2.48. The van der Waals surface area contributed by atoms with Gasteiger partial charge < -0.3 is 9.32 Å². The maximum atomic E-state index is 6.82. The van der Waals surface area contributed by atoms with Crippen LogP contribution in [0.25, 0.3) is 75.1 Å². The number of hydrogen-bond donors (Lipinski definition) is 0. The number of nitrogens with zero attached hydrogens (tertiary/aromatic N) is 1. The number of hydrogen-bond acceptors (Lipinski definition) is 3. The quantitative estimate of drug-likeness (QED) is 0.186. The van der Waals surface area contributed by atoms with Crippen LogP contribution in [0.2, 0.25) is 0 Å². The molecule has 0 amide bonds. The second kappa shape index (κ2) is 11.2. The fourth-order valence-electron chi connectivity index (χ4n) is 7.45. The number of furan rings is 1. The molecule has 0 saturated heterocycles. The summed E-state index contributed by atoms with van der Waals surface area (Å²) in [7, 11) is 0. The summed E-state index contributed by atoms with van der Waals surface area (Å²) < 4.78 is 9.39. The van der Waals surface area contributed by atoms with E-state index in [1.54, 1.807) is 0 Å². The van der Waals surface area contributed by atoms with Gasteiger partial charge in [-0.15, -0.1) is 11.3 Å². The van der Waals surface area contributed by atoms with E-state index in [0.29, 0.717) is 0 Å². The molecule has 2 nitrogen and oxygen atoms in total. The van der Waals surface area contributed by atoms with Gasteiger partial charge in [-0.1, -0.05) is 127 Å². The molecule has 49 heavy (non-hydrogen) atoms. The van der Waals surface area contributed by atoms with Crippen molar-refractivity contribution in [3.63, 3.8) is 0 Å². The van der Waals surface area contributed by atoms with Gasteiger partial charge in [0.1, 0.15) is 5.58 Å². The largest absolute Gasteiger partial charge is 0.454 e. The predicted octanol–water partition coefficient (Wildman–Crippen LogP) is 13.9. The van der Waals surface area contributed by atoms with Gasteiger partial charge in [0.05, 0.1) is 5.69 Å². The van der Waals surface area contributed by atoms with Crippen LogP contribution in [0, 0.1) is 0 Å². The molecule has 2 heterocycles. The Balaban J connectivity index is 1.15. The Labute approximate surface area is 287 Å². The maximum absolute atomic E-state index is 6.82. The molecular weight excluding hydrogens is 615 g/mol. The van der Waals surface area contributed by atoms with Gasteiger partial charge in [-0.25, -0.2) is 0 Å². The van der Waals surface area contributed by atoms with Crippen LogP contribution in [0.5, 0.6) is 0 Å². The summed E-state index contributed by atoms with van der Waals surface area (Å²) in [5.74, 6) is 0. The van der Waals surface area contributed by atoms with Crippen molar-refractivity contribution in [2.75, 3.05) is 4.90 Å². The monoisotopic (exact) mass is 643 g/mol. The second-order valence-electron chi connectivity index (χ2n) is 12.5. The van der Waals surface area contributed by atoms with Crippen molar-refractivity contribution in [2.45, 2.75) is 0 Å². The molecule has 0 atom stereocenters. The molecule has 0 saturated carbocycles. The number of thiophene rings is 1. The van der Waals surface area contributed by atoms with Gasteiger partial charge in [-0.2, -0.15) is 0 Å². The third-order valence-corrected chi connectivity index (χ3v) is 10.9. The van der Waals surface area contributed by atoms with E-state index in [1.807, 2.05) is 11.3 Å². The number of rotatable bonds is 5. The summed E-state index contributed by atoms with van der Waals surface area (Å²) in [6, 6.07) is 62.9. The topological polar surface area (TPSA) is 16.4 Å². The summed E-state index contributed by atoms with van der Waals surface area (Å²) in [4.78, 5) is 2.31. The van der Waals surface area contributed by atoms with Crippen molar-refractivity contribution in [3.8, 4) is 22.3 Å². The fourth-order valence-corrected chi connectivity index (χ4v) is 8.72. The highest BCUT2D eigenvalue weighted by atomic mass is 32.1. The molecule has 230 valence electrons. The zero-order chi connectivity index (χ0) is 32.3. The van der Waals surface area contributed by atoms with Crippen molar-refractivity contribution < 1.29 is 4.42 Å². The molecular formula is C46H29NOS. The van der Waals surface area contributed by atoms with Crippen LogP contribution < -0.4 is 4.90 Å². The standard InChI is InChI=1S/C46H29NOS/c1-3-12-30(13-4-1)35-17-9-10-18-36(35)32-22-25-34(26-23-32)47(33-15-5-2-6-16-33)40-21-11-20-38-44-41(48-45(38)40)28-27-39-43-37-19-8-7-14-31(37)24-29-42(43)49-46(39)44/h1-29H.